The van der Waals surface area contributed by atoms with Crippen molar-refractivity contribution in [2.24, 2.45) is 0 Å². The van der Waals surface area contributed by atoms with E-state index in [1.54, 1.807) is 0 Å². The summed E-state index contributed by atoms with van der Waals surface area (Å²) in [5.74, 6) is 0. The van der Waals surface area contributed by atoms with Gasteiger partial charge in [-0.2, -0.15) is 5.26 Å². The van der Waals surface area contributed by atoms with E-state index in [4.69, 9.17) is 4.98 Å². The molecule has 0 fully saturated rings. The summed E-state index contributed by atoms with van der Waals surface area (Å²) in [6.07, 6.45) is 0. The second-order valence-corrected chi connectivity index (χ2v) is 17.2. The Morgan fingerprint density at radius 2 is 1.00 bits per heavy atom. The predicted octanol–water partition coefficient (Wildman–Crippen LogP) is 16.0. The highest BCUT2D eigenvalue weighted by atomic mass is 32.1. The molecule has 0 bridgehead atoms. The molecular formula is C58H33N3S. The van der Waals surface area contributed by atoms with Gasteiger partial charge in [0.05, 0.1) is 33.9 Å². The maximum absolute atomic E-state index is 9.89. The minimum absolute atomic E-state index is 0.645. The van der Waals surface area contributed by atoms with Crippen LogP contribution in [0.3, 0.4) is 0 Å². The highest BCUT2D eigenvalue weighted by molar-refractivity contribution is 7.26. The number of benzene rings is 10. The molecule has 0 aliphatic heterocycles. The van der Waals surface area contributed by atoms with Crippen LogP contribution in [0.4, 0.5) is 0 Å². The van der Waals surface area contributed by atoms with Crippen LogP contribution in [0.5, 0.6) is 0 Å². The molecule has 4 heteroatoms. The lowest BCUT2D eigenvalue weighted by Crippen LogP contribution is -1.94. The van der Waals surface area contributed by atoms with E-state index in [-0.39, 0.29) is 0 Å². The number of thiophene rings is 1. The summed E-state index contributed by atoms with van der Waals surface area (Å²) < 4.78 is 4.88. The van der Waals surface area contributed by atoms with Gasteiger partial charge in [0, 0.05) is 58.4 Å². The molecule has 0 aliphatic rings. The van der Waals surface area contributed by atoms with Gasteiger partial charge >= 0.3 is 0 Å². The highest BCUT2D eigenvalue weighted by Crippen LogP contribution is 2.48. The topological polar surface area (TPSA) is 41.6 Å². The van der Waals surface area contributed by atoms with Crippen LogP contribution in [0.2, 0.25) is 0 Å². The van der Waals surface area contributed by atoms with E-state index in [1.165, 1.54) is 63.6 Å². The summed E-state index contributed by atoms with van der Waals surface area (Å²) in [6.45, 7) is 0. The van der Waals surface area contributed by atoms with Crippen LogP contribution >= 0.6 is 11.3 Å². The standard InChI is InChI=1S/C58H33N3S/c59-34-35-23-26-40-49-32-37(25-30-51(49)61(52(40)31-35)39-15-5-2-6-16-39)54-42-18-7-9-20-44(42)55(45-21-10-8-19-43(45)54)38-24-27-47-50(33-38)60-57(36-13-3-1-4-14-36)48-29-28-46-41-17-11-12-22-53(41)62-58(46)56(47)48/h1-33H. The zero-order chi connectivity index (χ0) is 40.9. The number of pyridine rings is 1. The van der Waals surface area contributed by atoms with Gasteiger partial charge in [-0.15, -0.1) is 11.3 Å². The van der Waals surface area contributed by atoms with Gasteiger partial charge < -0.3 is 4.57 Å². The zero-order valence-electron chi connectivity index (χ0n) is 33.3. The van der Waals surface area contributed by atoms with Gasteiger partial charge in [-0.05, 0) is 92.3 Å². The Labute approximate surface area is 360 Å². The summed E-state index contributed by atoms with van der Waals surface area (Å²) in [6, 6.07) is 74.3. The molecule has 3 heterocycles. The quantitative estimate of drug-likeness (QED) is 0.131. The Morgan fingerprint density at radius 1 is 0.419 bits per heavy atom. The largest absolute Gasteiger partial charge is 0.309 e. The Bertz CT molecular complexity index is 3980. The molecule has 10 aromatic carbocycles. The first-order valence-corrected chi connectivity index (χ1v) is 21.7. The smallest absolute Gasteiger partial charge is 0.0992 e. The molecule has 286 valence electrons. The number of fused-ring (bicyclic) bond motifs is 12. The van der Waals surface area contributed by atoms with Crippen LogP contribution in [0.25, 0.3) is 124 Å². The zero-order valence-corrected chi connectivity index (χ0v) is 34.1. The Balaban J connectivity index is 1.07. The monoisotopic (exact) mass is 803 g/mol. The van der Waals surface area contributed by atoms with Gasteiger partial charge in [-0.3, -0.25) is 0 Å². The molecule has 0 saturated heterocycles. The summed E-state index contributed by atoms with van der Waals surface area (Å²) in [5.41, 5.74) is 11.6. The van der Waals surface area contributed by atoms with Crippen molar-refractivity contribution in [2.45, 2.75) is 0 Å². The van der Waals surface area contributed by atoms with Crippen molar-refractivity contribution in [3.8, 4) is 45.3 Å². The number of para-hydroxylation sites is 1. The highest BCUT2D eigenvalue weighted by Gasteiger charge is 2.21. The normalized spacial score (nSPS) is 11.9. The van der Waals surface area contributed by atoms with Crippen molar-refractivity contribution < 1.29 is 0 Å². The van der Waals surface area contributed by atoms with Gasteiger partial charge in [-0.25, -0.2) is 4.98 Å². The van der Waals surface area contributed by atoms with Crippen molar-refractivity contribution >= 4 is 96.5 Å². The van der Waals surface area contributed by atoms with Crippen molar-refractivity contribution in [2.75, 3.05) is 0 Å². The first-order chi connectivity index (χ1) is 30.7. The van der Waals surface area contributed by atoms with Crippen molar-refractivity contribution in [3.05, 3.63) is 206 Å². The van der Waals surface area contributed by atoms with E-state index in [9.17, 15) is 5.26 Å². The molecule has 0 N–H and O–H groups in total. The first-order valence-electron chi connectivity index (χ1n) is 20.9. The van der Waals surface area contributed by atoms with E-state index in [2.05, 4.69) is 193 Å². The Hall–Kier alpha value is -8.10. The third-order valence-electron chi connectivity index (χ3n) is 12.8. The van der Waals surface area contributed by atoms with E-state index in [0.29, 0.717) is 5.56 Å². The Kier molecular flexibility index (Phi) is 7.54. The van der Waals surface area contributed by atoms with Crippen LogP contribution < -0.4 is 0 Å². The third kappa shape index (κ3) is 5.07. The Morgan fingerprint density at radius 3 is 1.71 bits per heavy atom. The second kappa shape index (κ2) is 13.5. The molecule has 0 spiro atoms. The fourth-order valence-electron chi connectivity index (χ4n) is 10.1. The van der Waals surface area contributed by atoms with Gasteiger partial charge in [0.2, 0.25) is 0 Å². The summed E-state index contributed by atoms with van der Waals surface area (Å²) >= 11 is 1.87. The number of aromatic nitrogens is 2. The van der Waals surface area contributed by atoms with E-state index in [1.807, 2.05) is 29.5 Å². The van der Waals surface area contributed by atoms with Gasteiger partial charge in [0.25, 0.3) is 0 Å². The SMILES string of the molecule is N#Cc1ccc2c3cc(-c4c5ccccc5c(-c5ccc6c(c5)nc(-c5ccccc5)c5ccc7c8ccccc8sc7c56)c5ccccc45)ccc3n(-c3ccccc3)c2c1. The average Bonchev–Trinajstić information content (AvgIpc) is 3.88. The lowest BCUT2D eigenvalue weighted by atomic mass is 9.85. The minimum Gasteiger partial charge on any atom is -0.309 e. The first kappa shape index (κ1) is 34.7. The second-order valence-electron chi connectivity index (χ2n) is 16.1. The van der Waals surface area contributed by atoms with Gasteiger partial charge in [-0.1, -0.05) is 152 Å². The van der Waals surface area contributed by atoms with Crippen LogP contribution in [0.15, 0.2) is 200 Å². The molecule has 62 heavy (non-hydrogen) atoms. The van der Waals surface area contributed by atoms with Crippen LogP contribution in [0, 0.1) is 11.3 Å². The lowest BCUT2D eigenvalue weighted by Gasteiger charge is -2.18. The fraction of sp³-hybridized carbons (Fsp3) is 0. The van der Waals surface area contributed by atoms with Crippen LogP contribution in [0.1, 0.15) is 5.56 Å². The van der Waals surface area contributed by atoms with Gasteiger partial charge in [0.1, 0.15) is 0 Å². The van der Waals surface area contributed by atoms with E-state index in [0.717, 1.165) is 60.8 Å². The number of rotatable bonds is 4. The number of hydrogen-bond donors (Lipinski definition) is 0. The predicted molar refractivity (Wildman–Crippen MR) is 263 cm³/mol. The average molecular weight is 804 g/mol. The van der Waals surface area contributed by atoms with Crippen LogP contribution in [-0.2, 0) is 0 Å². The molecule has 13 aromatic rings. The van der Waals surface area contributed by atoms with E-state index >= 15 is 0 Å². The molecule has 0 atom stereocenters. The molecule has 3 aromatic heterocycles. The molecule has 0 unspecified atom stereocenters. The van der Waals surface area contributed by atoms with Crippen molar-refractivity contribution in [1.82, 2.24) is 9.55 Å². The van der Waals surface area contributed by atoms with E-state index < -0.39 is 0 Å². The summed E-state index contributed by atoms with van der Waals surface area (Å²) in [7, 11) is 0. The maximum atomic E-state index is 9.89. The molecule has 0 aliphatic carbocycles. The molecule has 13 rings (SSSR count). The van der Waals surface area contributed by atoms with Gasteiger partial charge in [0.15, 0.2) is 0 Å². The lowest BCUT2D eigenvalue weighted by molar-refractivity contribution is 1.18. The van der Waals surface area contributed by atoms with Crippen LogP contribution in [-0.4, -0.2) is 9.55 Å². The maximum Gasteiger partial charge on any atom is 0.0992 e. The molecular weight excluding hydrogens is 771 g/mol. The summed E-state index contributed by atoms with van der Waals surface area (Å²) in [4.78, 5) is 5.52. The number of hydrogen-bond acceptors (Lipinski definition) is 3. The molecule has 0 radical (unpaired) electrons. The van der Waals surface area contributed by atoms with Crippen molar-refractivity contribution in [3.63, 3.8) is 0 Å². The number of nitriles is 1. The summed E-state index contributed by atoms with van der Waals surface area (Å²) in [5, 5.41) is 23.1. The molecule has 3 nitrogen and oxygen atoms in total. The third-order valence-corrected chi connectivity index (χ3v) is 14.0. The minimum atomic E-state index is 0.645. The van der Waals surface area contributed by atoms with Crippen molar-refractivity contribution in [1.29, 1.82) is 5.26 Å². The molecule has 0 amide bonds. The fourth-order valence-corrected chi connectivity index (χ4v) is 11.4. The number of nitrogens with zero attached hydrogens (tertiary/aromatic N) is 3. The molecule has 0 saturated carbocycles.